The van der Waals surface area contributed by atoms with E-state index in [4.69, 9.17) is 18.0 Å². The Labute approximate surface area is 160 Å². The highest BCUT2D eigenvalue weighted by molar-refractivity contribution is 6.65. The van der Waals surface area contributed by atoms with Crippen molar-refractivity contribution in [3.8, 4) is 5.75 Å². The van der Waals surface area contributed by atoms with Crippen LogP contribution in [0, 0.1) is 5.82 Å². The second-order valence-electron chi connectivity index (χ2n) is 6.83. The third-order valence-electron chi connectivity index (χ3n) is 4.82. The van der Waals surface area contributed by atoms with Crippen LogP contribution in [0.3, 0.4) is 0 Å². The molecular weight excluding hydrogens is 367 g/mol. The average molecular weight is 397 g/mol. The molecule has 0 atom stereocenters. The summed E-state index contributed by atoms with van der Waals surface area (Å²) in [4.78, 5) is 11.6. The van der Waals surface area contributed by atoms with Gasteiger partial charge in [0.25, 0.3) is 0 Å². The molecular formula is C20H29FO5Si. The number of halogens is 1. The van der Waals surface area contributed by atoms with Gasteiger partial charge in [0.05, 0.1) is 18.1 Å². The second-order valence-corrected chi connectivity index (χ2v) is 10.4. The third-order valence-corrected chi connectivity index (χ3v) is 7.80. The lowest BCUT2D eigenvalue weighted by atomic mass is 10.1. The molecule has 150 valence electrons. The van der Waals surface area contributed by atoms with Gasteiger partial charge in [0.1, 0.15) is 17.1 Å². The summed E-state index contributed by atoms with van der Waals surface area (Å²) in [6.07, 6.45) is 6.59. The van der Waals surface area contributed by atoms with E-state index in [0.29, 0.717) is 17.7 Å². The van der Waals surface area contributed by atoms with Crippen molar-refractivity contribution in [3.05, 3.63) is 40.5 Å². The fourth-order valence-electron chi connectivity index (χ4n) is 2.95. The SMILES string of the molecule is CO[Si](C)(CCCCCCCCOc1cc(=O)oc2cc(F)ccc12)OC. The van der Waals surface area contributed by atoms with E-state index in [-0.39, 0.29) is 5.58 Å². The van der Waals surface area contributed by atoms with Crippen molar-refractivity contribution in [2.24, 2.45) is 0 Å². The van der Waals surface area contributed by atoms with Crippen LogP contribution in [0.5, 0.6) is 5.75 Å². The normalized spacial score (nSPS) is 11.9. The van der Waals surface area contributed by atoms with Gasteiger partial charge < -0.3 is 18.0 Å². The molecule has 27 heavy (non-hydrogen) atoms. The van der Waals surface area contributed by atoms with Crippen LogP contribution in [-0.2, 0) is 8.85 Å². The highest BCUT2D eigenvalue weighted by Crippen LogP contribution is 2.24. The zero-order valence-corrected chi connectivity index (χ0v) is 17.4. The van der Waals surface area contributed by atoms with Crippen molar-refractivity contribution >= 4 is 19.5 Å². The summed E-state index contributed by atoms with van der Waals surface area (Å²) < 4.78 is 35.0. The van der Waals surface area contributed by atoms with Crippen LogP contribution in [0.2, 0.25) is 12.6 Å². The first-order chi connectivity index (χ1) is 13.0. The summed E-state index contributed by atoms with van der Waals surface area (Å²) in [6, 6.07) is 6.43. The molecule has 0 bridgehead atoms. The molecule has 1 aromatic heterocycles. The molecule has 1 aromatic carbocycles. The molecule has 0 radical (unpaired) electrons. The lowest BCUT2D eigenvalue weighted by molar-refractivity contribution is 0.248. The lowest BCUT2D eigenvalue weighted by Gasteiger charge is -2.22. The Morgan fingerprint density at radius 2 is 1.67 bits per heavy atom. The number of unbranched alkanes of at least 4 members (excludes halogenated alkanes) is 5. The standard InChI is InChI=1S/C20H29FO5Si/c1-23-27(3,24-2)13-9-7-5-4-6-8-12-25-18-15-20(22)26-19-14-16(21)10-11-17(18)19/h10-11,14-15H,4-9,12-13H2,1-3H3. The zero-order chi connectivity index (χ0) is 19.7. The maximum Gasteiger partial charge on any atom is 0.339 e. The molecule has 0 spiro atoms. The Morgan fingerprint density at radius 3 is 2.37 bits per heavy atom. The molecule has 0 saturated heterocycles. The van der Waals surface area contributed by atoms with Crippen molar-refractivity contribution in [3.63, 3.8) is 0 Å². The molecule has 2 rings (SSSR count). The van der Waals surface area contributed by atoms with Gasteiger partial charge in [-0.2, -0.15) is 0 Å². The minimum atomic E-state index is -1.92. The Bertz CT molecular complexity index is 773. The van der Waals surface area contributed by atoms with Crippen LogP contribution >= 0.6 is 0 Å². The molecule has 0 aliphatic heterocycles. The maximum atomic E-state index is 13.3. The van der Waals surface area contributed by atoms with E-state index >= 15 is 0 Å². The first-order valence-corrected chi connectivity index (χ1v) is 12.0. The van der Waals surface area contributed by atoms with E-state index in [1.54, 1.807) is 20.3 Å². The summed E-state index contributed by atoms with van der Waals surface area (Å²) in [7, 11) is 1.53. The predicted molar refractivity (Wildman–Crippen MR) is 106 cm³/mol. The Balaban J connectivity index is 1.66. The quantitative estimate of drug-likeness (QED) is 0.286. The number of benzene rings is 1. The first kappa shape index (κ1) is 21.6. The molecule has 0 aliphatic rings. The molecule has 7 heteroatoms. The van der Waals surface area contributed by atoms with E-state index in [2.05, 4.69) is 6.55 Å². The highest BCUT2D eigenvalue weighted by atomic mass is 28.4. The van der Waals surface area contributed by atoms with Gasteiger partial charge in [-0.3, -0.25) is 0 Å². The number of ether oxygens (including phenoxy) is 1. The maximum absolute atomic E-state index is 13.3. The topological polar surface area (TPSA) is 57.9 Å². The van der Waals surface area contributed by atoms with Gasteiger partial charge in [-0.1, -0.05) is 32.1 Å². The van der Waals surface area contributed by atoms with Crippen LogP contribution in [-0.4, -0.2) is 29.4 Å². The molecule has 2 aromatic rings. The molecule has 0 amide bonds. The van der Waals surface area contributed by atoms with Gasteiger partial charge in [-0.05, 0) is 31.1 Å². The molecule has 1 heterocycles. The highest BCUT2D eigenvalue weighted by Gasteiger charge is 2.27. The molecule has 0 aliphatic carbocycles. The van der Waals surface area contributed by atoms with Gasteiger partial charge in [-0.15, -0.1) is 0 Å². The molecule has 0 N–H and O–H groups in total. The van der Waals surface area contributed by atoms with E-state index in [9.17, 15) is 9.18 Å². The van der Waals surface area contributed by atoms with Crippen LogP contribution in [0.25, 0.3) is 11.0 Å². The fourth-order valence-corrected chi connectivity index (χ4v) is 4.42. The van der Waals surface area contributed by atoms with Gasteiger partial charge in [0.15, 0.2) is 0 Å². The van der Waals surface area contributed by atoms with Crippen molar-refractivity contribution < 1.29 is 22.4 Å². The average Bonchev–Trinajstić information content (AvgIpc) is 2.65. The Morgan fingerprint density at radius 1 is 1.00 bits per heavy atom. The van der Waals surface area contributed by atoms with Crippen LogP contribution in [0.1, 0.15) is 38.5 Å². The van der Waals surface area contributed by atoms with Gasteiger partial charge in [0.2, 0.25) is 0 Å². The number of hydrogen-bond donors (Lipinski definition) is 0. The molecule has 0 unspecified atom stereocenters. The second kappa shape index (κ2) is 10.6. The monoisotopic (exact) mass is 396 g/mol. The van der Waals surface area contributed by atoms with Gasteiger partial charge >= 0.3 is 14.2 Å². The van der Waals surface area contributed by atoms with Crippen molar-refractivity contribution in [1.82, 2.24) is 0 Å². The summed E-state index contributed by atoms with van der Waals surface area (Å²) in [5.41, 5.74) is -0.328. The van der Waals surface area contributed by atoms with Crippen molar-refractivity contribution in [2.45, 2.75) is 51.1 Å². The van der Waals surface area contributed by atoms with Crippen LogP contribution in [0.4, 0.5) is 4.39 Å². The molecule has 5 nitrogen and oxygen atoms in total. The zero-order valence-electron chi connectivity index (χ0n) is 16.4. The number of fused-ring (bicyclic) bond motifs is 1. The lowest BCUT2D eigenvalue weighted by Crippen LogP contribution is -2.35. The minimum absolute atomic E-state index is 0.208. The fraction of sp³-hybridized carbons (Fsp3) is 0.550. The smallest absolute Gasteiger partial charge is 0.339 e. The Hall–Kier alpha value is -1.70. The van der Waals surface area contributed by atoms with Crippen molar-refractivity contribution in [2.75, 3.05) is 20.8 Å². The molecule has 0 fully saturated rings. The van der Waals surface area contributed by atoms with Crippen molar-refractivity contribution in [1.29, 1.82) is 0 Å². The third kappa shape index (κ3) is 6.75. The number of rotatable bonds is 12. The summed E-state index contributed by atoms with van der Waals surface area (Å²) in [6.45, 7) is 2.61. The van der Waals surface area contributed by atoms with E-state index in [0.717, 1.165) is 31.7 Å². The summed E-state index contributed by atoms with van der Waals surface area (Å²) >= 11 is 0. The summed E-state index contributed by atoms with van der Waals surface area (Å²) in [5, 5.41) is 0.611. The van der Waals surface area contributed by atoms with Crippen LogP contribution < -0.4 is 10.4 Å². The molecule has 0 saturated carbocycles. The van der Waals surface area contributed by atoms with E-state index in [1.807, 2.05) is 0 Å². The minimum Gasteiger partial charge on any atom is -0.493 e. The van der Waals surface area contributed by atoms with E-state index < -0.39 is 20.0 Å². The van der Waals surface area contributed by atoms with E-state index in [1.165, 1.54) is 31.0 Å². The summed E-state index contributed by atoms with van der Waals surface area (Å²) in [5.74, 6) is 0.00593. The van der Waals surface area contributed by atoms with Gasteiger partial charge in [-0.25, -0.2) is 9.18 Å². The number of hydrogen-bond acceptors (Lipinski definition) is 5. The predicted octanol–water partition coefficient (Wildman–Crippen LogP) is 5.02. The van der Waals surface area contributed by atoms with Gasteiger partial charge in [0, 0.05) is 20.3 Å². The first-order valence-electron chi connectivity index (χ1n) is 9.44. The Kier molecular flexibility index (Phi) is 8.47. The largest absolute Gasteiger partial charge is 0.493 e. The van der Waals surface area contributed by atoms with Crippen LogP contribution in [0.15, 0.2) is 33.5 Å².